The molecule has 2 aliphatic rings. The molecule has 2 atom stereocenters. The molecular weight excluding hydrogens is 238 g/mol. The second-order valence-corrected chi connectivity index (χ2v) is 6.42. The molecule has 0 radical (unpaired) electrons. The number of nitriles is 1. The summed E-state index contributed by atoms with van der Waals surface area (Å²) in [6.45, 7) is 4.62. The minimum Gasteiger partial charge on any atom is -0.339 e. The Morgan fingerprint density at radius 3 is 2.58 bits per heavy atom. The van der Waals surface area contributed by atoms with E-state index in [0.717, 1.165) is 24.1 Å². The van der Waals surface area contributed by atoms with Gasteiger partial charge in [0.2, 0.25) is 5.89 Å². The highest BCUT2D eigenvalue weighted by Gasteiger charge is 2.43. The highest BCUT2D eigenvalue weighted by atomic mass is 16.5. The minimum atomic E-state index is 0.102. The molecular formula is C15H21N3O. The fraction of sp³-hybridized carbons (Fsp3) is 0.800. The highest BCUT2D eigenvalue weighted by molar-refractivity contribution is 5.16. The molecule has 0 N–H and O–H groups in total. The predicted octanol–water partition coefficient (Wildman–Crippen LogP) is 3.63. The summed E-state index contributed by atoms with van der Waals surface area (Å²) in [6.07, 6.45) is 5.79. The molecule has 0 amide bonds. The van der Waals surface area contributed by atoms with Gasteiger partial charge in [-0.05, 0) is 43.9 Å². The number of nitrogens with zero attached hydrogens (tertiary/aromatic N) is 3. The lowest BCUT2D eigenvalue weighted by atomic mass is 9.77. The van der Waals surface area contributed by atoms with E-state index in [4.69, 9.17) is 9.78 Å². The molecule has 2 unspecified atom stereocenters. The van der Waals surface area contributed by atoms with Crippen molar-refractivity contribution in [2.75, 3.05) is 0 Å². The van der Waals surface area contributed by atoms with Crippen molar-refractivity contribution in [1.82, 2.24) is 10.1 Å². The first-order valence-corrected chi connectivity index (χ1v) is 7.42. The number of hydrogen-bond donors (Lipinski definition) is 0. The molecule has 3 rings (SSSR count). The lowest BCUT2D eigenvalue weighted by molar-refractivity contribution is 0.251. The van der Waals surface area contributed by atoms with Gasteiger partial charge in [-0.3, -0.25) is 0 Å². The second-order valence-electron chi connectivity index (χ2n) is 6.42. The Hall–Kier alpha value is -1.37. The van der Waals surface area contributed by atoms with Gasteiger partial charge in [-0.15, -0.1) is 0 Å². The topological polar surface area (TPSA) is 62.7 Å². The lowest BCUT2D eigenvalue weighted by Gasteiger charge is -2.29. The zero-order chi connectivity index (χ0) is 13.4. The summed E-state index contributed by atoms with van der Waals surface area (Å²) in [4.78, 5) is 4.54. The zero-order valence-corrected chi connectivity index (χ0v) is 11.7. The van der Waals surface area contributed by atoms with Crippen LogP contribution in [-0.4, -0.2) is 10.1 Å². The van der Waals surface area contributed by atoms with Crippen LogP contribution < -0.4 is 0 Å². The summed E-state index contributed by atoms with van der Waals surface area (Å²) in [6, 6.07) is 2.27. The summed E-state index contributed by atoms with van der Waals surface area (Å²) < 4.78 is 5.34. The van der Waals surface area contributed by atoms with Crippen molar-refractivity contribution in [3.8, 4) is 6.07 Å². The molecule has 1 heterocycles. The summed E-state index contributed by atoms with van der Waals surface area (Å²) in [5.74, 6) is 3.97. The molecule has 2 saturated carbocycles. The van der Waals surface area contributed by atoms with Crippen molar-refractivity contribution < 1.29 is 4.52 Å². The SMILES string of the molecule is CC(C)C1CCC(c2noc(C3CC3C#N)n2)CC1. The Morgan fingerprint density at radius 1 is 1.26 bits per heavy atom. The van der Waals surface area contributed by atoms with Gasteiger partial charge in [0.25, 0.3) is 0 Å². The average Bonchev–Trinajstić information content (AvgIpc) is 3.06. The standard InChI is InChI=1S/C15H21N3O/c1-9(2)10-3-5-11(6-4-10)14-17-15(19-18-14)13-7-12(13)8-16/h9-13H,3-7H2,1-2H3. The molecule has 102 valence electrons. The van der Waals surface area contributed by atoms with E-state index in [1.165, 1.54) is 25.7 Å². The van der Waals surface area contributed by atoms with Crippen molar-refractivity contribution in [1.29, 1.82) is 5.26 Å². The van der Waals surface area contributed by atoms with Gasteiger partial charge in [-0.25, -0.2) is 0 Å². The predicted molar refractivity (Wildman–Crippen MR) is 70.3 cm³/mol. The maximum absolute atomic E-state index is 8.83. The van der Waals surface area contributed by atoms with E-state index in [2.05, 4.69) is 30.1 Å². The van der Waals surface area contributed by atoms with Crippen molar-refractivity contribution in [2.45, 2.75) is 57.8 Å². The largest absolute Gasteiger partial charge is 0.339 e. The van der Waals surface area contributed by atoms with E-state index in [9.17, 15) is 0 Å². The number of rotatable bonds is 3. The van der Waals surface area contributed by atoms with Crippen molar-refractivity contribution in [2.24, 2.45) is 17.8 Å². The molecule has 4 heteroatoms. The van der Waals surface area contributed by atoms with Crippen LogP contribution in [0.3, 0.4) is 0 Å². The molecule has 1 aromatic heterocycles. The Bertz CT molecular complexity index is 480. The van der Waals surface area contributed by atoms with Crippen LogP contribution in [0.15, 0.2) is 4.52 Å². The van der Waals surface area contributed by atoms with E-state index in [1.807, 2.05) is 0 Å². The fourth-order valence-electron chi connectivity index (χ4n) is 3.22. The average molecular weight is 259 g/mol. The molecule has 2 aliphatic carbocycles. The number of aromatic nitrogens is 2. The van der Waals surface area contributed by atoms with Gasteiger partial charge in [-0.1, -0.05) is 19.0 Å². The first-order chi connectivity index (χ1) is 9.19. The lowest BCUT2D eigenvalue weighted by Crippen LogP contribution is -2.18. The third-order valence-corrected chi connectivity index (χ3v) is 4.81. The second kappa shape index (κ2) is 4.96. The Balaban J connectivity index is 1.60. The van der Waals surface area contributed by atoms with Crippen LogP contribution >= 0.6 is 0 Å². The first kappa shape index (κ1) is 12.7. The van der Waals surface area contributed by atoms with Crippen LogP contribution in [-0.2, 0) is 0 Å². The molecule has 0 bridgehead atoms. The molecule has 0 aromatic carbocycles. The molecule has 2 fully saturated rings. The molecule has 0 saturated heterocycles. The third-order valence-electron chi connectivity index (χ3n) is 4.81. The van der Waals surface area contributed by atoms with Crippen LogP contribution in [0.5, 0.6) is 0 Å². The van der Waals surface area contributed by atoms with Gasteiger partial charge in [-0.2, -0.15) is 10.2 Å². The Labute approximate surface area is 114 Å². The molecule has 1 aromatic rings. The molecule has 0 aliphatic heterocycles. The fourth-order valence-corrected chi connectivity index (χ4v) is 3.22. The van der Waals surface area contributed by atoms with E-state index >= 15 is 0 Å². The summed E-state index contributed by atoms with van der Waals surface area (Å²) >= 11 is 0. The van der Waals surface area contributed by atoms with Crippen molar-refractivity contribution in [3.05, 3.63) is 11.7 Å². The Kier molecular flexibility index (Phi) is 3.30. The van der Waals surface area contributed by atoms with Crippen molar-refractivity contribution in [3.63, 3.8) is 0 Å². The van der Waals surface area contributed by atoms with Gasteiger partial charge >= 0.3 is 0 Å². The Morgan fingerprint density at radius 2 is 2.00 bits per heavy atom. The number of hydrogen-bond acceptors (Lipinski definition) is 4. The zero-order valence-electron chi connectivity index (χ0n) is 11.7. The van der Waals surface area contributed by atoms with Gasteiger partial charge in [0, 0.05) is 5.92 Å². The minimum absolute atomic E-state index is 0.102. The first-order valence-electron chi connectivity index (χ1n) is 7.42. The third kappa shape index (κ3) is 2.51. The van der Waals surface area contributed by atoms with Crippen LogP contribution in [0, 0.1) is 29.1 Å². The van der Waals surface area contributed by atoms with Gasteiger partial charge in [0.15, 0.2) is 5.82 Å². The van der Waals surface area contributed by atoms with Crippen LogP contribution in [0.1, 0.15) is 69.5 Å². The van der Waals surface area contributed by atoms with Gasteiger partial charge < -0.3 is 4.52 Å². The van der Waals surface area contributed by atoms with Crippen LogP contribution in [0.2, 0.25) is 0 Å². The van der Waals surface area contributed by atoms with E-state index < -0.39 is 0 Å². The molecule has 0 spiro atoms. The normalized spacial score (nSPS) is 34.2. The van der Waals surface area contributed by atoms with E-state index in [1.54, 1.807) is 0 Å². The monoisotopic (exact) mass is 259 g/mol. The van der Waals surface area contributed by atoms with Gasteiger partial charge in [0.1, 0.15) is 0 Å². The summed E-state index contributed by atoms with van der Waals surface area (Å²) in [7, 11) is 0. The van der Waals surface area contributed by atoms with Gasteiger partial charge in [0.05, 0.1) is 17.9 Å². The maximum atomic E-state index is 8.83. The summed E-state index contributed by atoms with van der Waals surface area (Å²) in [5.41, 5.74) is 0. The quantitative estimate of drug-likeness (QED) is 0.831. The molecule has 4 nitrogen and oxygen atoms in total. The van der Waals surface area contributed by atoms with E-state index in [0.29, 0.717) is 11.8 Å². The maximum Gasteiger partial charge on any atom is 0.231 e. The summed E-state index contributed by atoms with van der Waals surface area (Å²) in [5, 5.41) is 13.0. The highest BCUT2D eigenvalue weighted by Crippen LogP contribution is 2.46. The molecule has 19 heavy (non-hydrogen) atoms. The van der Waals surface area contributed by atoms with E-state index in [-0.39, 0.29) is 11.8 Å². The smallest absolute Gasteiger partial charge is 0.231 e. The van der Waals surface area contributed by atoms with Crippen molar-refractivity contribution >= 4 is 0 Å². The van der Waals surface area contributed by atoms with Crippen LogP contribution in [0.25, 0.3) is 0 Å². The van der Waals surface area contributed by atoms with Crippen LogP contribution in [0.4, 0.5) is 0 Å².